The largest absolute Gasteiger partial charge is 0.369 e. The minimum absolute atomic E-state index is 0.114. The van der Waals surface area contributed by atoms with Crippen LogP contribution in [0, 0.1) is 23.3 Å². The van der Waals surface area contributed by atoms with Crippen molar-refractivity contribution in [1.82, 2.24) is 0 Å². The fraction of sp³-hybridized carbons (Fsp3) is 0.130. The average molecular weight is 566 g/mol. The van der Waals surface area contributed by atoms with Gasteiger partial charge in [-0.25, -0.2) is 17.6 Å². The van der Waals surface area contributed by atoms with Crippen LogP contribution in [-0.2, 0) is 10.2 Å². The van der Waals surface area contributed by atoms with Gasteiger partial charge in [-0.1, -0.05) is 52.5 Å². The van der Waals surface area contributed by atoms with Gasteiger partial charge in [0, 0.05) is 12.0 Å². The molecule has 0 spiro atoms. The van der Waals surface area contributed by atoms with Gasteiger partial charge in [-0.05, 0) is 47.5 Å². The lowest BCUT2D eigenvalue weighted by molar-refractivity contribution is -0.120. The third-order valence-corrected chi connectivity index (χ3v) is 7.41. The van der Waals surface area contributed by atoms with Crippen LogP contribution in [0.1, 0.15) is 27.4 Å². The molecule has 182 valence electrons. The first kappa shape index (κ1) is 25.6. The van der Waals surface area contributed by atoms with E-state index < -0.39 is 67.0 Å². The molecule has 2 unspecified atom stereocenters. The molecular formula is C23H12Cl4F4N2O2. The van der Waals surface area contributed by atoms with E-state index in [1.54, 1.807) is 0 Å². The van der Waals surface area contributed by atoms with Gasteiger partial charge in [0.05, 0.1) is 21.3 Å². The monoisotopic (exact) mass is 564 g/mol. The molecule has 0 radical (unpaired) electrons. The second kappa shape index (κ2) is 8.85. The summed E-state index contributed by atoms with van der Waals surface area (Å²) in [4.78, 5) is 25.5. The molecule has 1 aliphatic carbocycles. The topological polar surface area (TPSA) is 72.2 Å². The minimum Gasteiger partial charge on any atom is -0.369 e. The van der Waals surface area contributed by atoms with Gasteiger partial charge < -0.3 is 11.1 Å². The molecule has 35 heavy (non-hydrogen) atoms. The van der Waals surface area contributed by atoms with Gasteiger partial charge >= 0.3 is 0 Å². The highest BCUT2D eigenvalue weighted by molar-refractivity contribution is 6.55. The molecular weight excluding hydrogens is 554 g/mol. The van der Waals surface area contributed by atoms with E-state index in [4.69, 9.17) is 52.1 Å². The quantitative estimate of drug-likeness (QED) is 0.274. The second-order valence-electron chi connectivity index (χ2n) is 7.80. The molecule has 2 atom stereocenters. The highest BCUT2D eigenvalue weighted by atomic mass is 35.5. The van der Waals surface area contributed by atoms with Crippen LogP contribution in [0.15, 0.2) is 48.5 Å². The van der Waals surface area contributed by atoms with E-state index in [2.05, 4.69) is 5.32 Å². The summed E-state index contributed by atoms with van der Waals surface area (Å²) in [5, 5.41) is 1.26. The summed E-state index contributed by atoms with van der Waals surface area (Å²) in [6.45, 7) is 0. The molecule has 12 heteroatoms. The lowest BCUT2D eigenvalue weighted by Crippen LogP contribution is -2.34. The number of carbonyl (C=O) groups excluding carboxylic acids is 2. The predicted octanol–water partition coefficient (Wildman–Crippen LogP) is 6.50. The molecule has 4 nitrogen and oxygen atoms in total. The van der Waals surface area contributed by atoms with Crippen molar-refractivity contribution in [2.75, 3.05) is 5.32 Å². The van der Waals surface area contributed by atoms with Crippen molar-refractivity contribution < 1.29 is 27.2 Å². The molecule has 2 amide bonds. The van der Waals surface area contributed by atoms with Crippen molar-refractivity contribution in [3.63, 3.8) is 0 Å². The van der Waals surface area contributed by atoms with Gasteiger partial charge in [-0.2, -0.15) is 0 Å². The van der Waals surface area contributed by atoms with Crippen LogP contribution >= 0.6 is 46.4 Å². The van der Waals surface area contributed by atoms with E-state index >= 15 is 0 Å². The van der Waals surface area contributed by atoms with E-state index in [-0.39, 0.29) is 16.1 Å². The van der Waals surface area contributed by atoms with E-state index in [0.29, 0.717) is 6.07 Å². The van der Waals surface area contributed by atoms with E-state index in [9.17, 15) is 27.2 Å². The number of nitrogens with one attached hydrogen (secondary N) is 1. The van der Waals surface area contributed by atoms with E-state index in [1.807, 2.05) is 0 Å². The maximum Gasteiger partial charge on any atom is 0.258 e. The number of nitrogens with two attached hydrogens (primary N) is 1. The Morgan fingerprint density at radius 1 is 0.886 bits per heavy atom. The van der Waals surface area contributed by atoms with Crippen LogP contribution < -0.4 is 11.1 Å². The van der Waals surface area contributed by atoms with Gasteiger partial charge in [0.2, 0.25) is 5.91 Å². The van der Waals surface area contributed by atoms with Crippen LogP contribution in [0.2, 0.25) is 10.0 Å². The van der Waals surface area contributed by atoms with Crippen LogP contribution in [0.3, 0.4) is 0 Å². The SMILES string of the molecule is NC(=O)C1(c2cc(Cl)c(F)c(C(=O)Nc3ccc(F)cc3F)c2)C(c2ccc(F)c(Cl)c2)C1(Cl)Cl. The fourth-order valence-electron chi connectivity index (χ4n) is 4.13. The summed E-state index contributed by atoms with van der Waals surface area (Å²) in [6.07, 6.45) is 0. The fourth-order valence-corrected chi connectivity index (χ4v) is 5.63. The minimum atomic E-state index is -1.91. The Hall–Kier alpha value is -2.52. The zero-order chi connectivity index (χ0) is 25.9. The predicted molar refractivity (Wildman–Crippen MR) is 125 cm³/mol. The maximum absolute atomic E-state index is 14.8. The van der Waals surface area contributed by atoms with Crippen LogP contribution in [0.25, 0.3) is 0 Å². The maximum atomic E-state index is 14.8. The Morgan fingerprint density at radius 2 is 1.57 bits per heavy atom. The number of anilines is 1. The highest BCUT2D eigenvalue weighted by Gasteiger charge is 2.81. The second-order valence-corrected chi connectivity index (χ2v) is 10.00. The zero-order valence-corrected chi connectivity index (χ0v) is 20.1. The van der Waals surface area contributed by atoms with Crippen LogP contribution in [0.4, 0.5) is 23.2 Å². The number of halogens is 8. The summed E-state index contributed by atoms with van der Waals surface area (Å²) in [5.74, 6) is -7.17. The molecule has 0 aromatic heterocycles. The molecule has 1 aliphatic rings. The molecule has 0 heterocycles. The standard InChI is InChI=1S/C23H12Cl4F4N2O2/c24-13-5-9(1-3-15(13)29)19-22(21(32)35,23(19,26)27)10-6-12(18(31)14(25)7-10)20(34)33-17-4-2-11(28)8-16(17)30/h1-8,19H,(H2,32,35)(H,33,34). The molecule has 0 aliphatic heterocycles. The Morgan fingerprint density at radius 3 is 2.17 bits per heavy atom. The number of rotatable bonds is 5. The Kier molecular flexibility index (Phi) is 6.47. The van der Waals surface area contributed by atoms with Gasteiger partial charge in [-0.3, -0.25) is 9.59 Å². The zero-order valence-electron chi connectivity index (χ0n) is 17.1. The van der Waals surface area contributed by atoms with Gasteiger partial charge in [-0.15, -0.1) is 0 Å². The van der Waals surface area contributed by atoms with Crippen molar-refractivity contribution in [2.45, 2.75) is 15.7 Å². The number of amides is 2. The van der Waals surface area contributed by atoms with E-state index in [0.717, 1.165) is 30.3 Å². The molecule has 4 rings (SSSR count). The molecule has 0 saturated heterocycles. The Bertz CT molecular complexity index is 1400. The first-order valence-electron chi connectivity index (χ1n) is 9.71. The summed E-state index contributed by atoms with van der Waals surface area (Å²) < 4.78 is 53.7. The van der Waals surface area contributed by atoms with Crippen molar-refractivity contribution in [3.05, 3.63) is 98.5 Å². The van der Waals surface area contributed by atoms with Gasteiger partial charge in [0.15, 0.2) is 5.82 Å². The highest BCUT2D eigenvalue weighted by Crippen LogP contribution is 2.74. The lowest BCUT2D eigenvalue weighted by Gasteiger charge is -2.18. The van der Waals surface area contributed by atoms with Crippen molar-refractivity contribution >= 4 is 63.9 Å². The Labute approximate surface area is 215 Å². The first-order valence-corrected chi connectivity index (χ1v) is 11.2. The Balaban J connectivity index is 1.82. The third kappa shape index (κ3) is 4.02. The molecule has 3 aromatic carbocycles. The lowest BCUT2D eigenvalue weighted by atomic mass is 9.88. The summed E-state index contributed by atoms with van der Waals surface area (Å²) in [6, 6.07) is 7.88. The molecule has 1 saturated carbocycles. The summed E-state index contributed by atoms with van der Waals surface area (Å²) >= 11 is 24.8. The number of hydrogen-bond acceptors (Lipinski definition) is 2. The van der Waals surface area contributed by atoms with Crippen LogP contribution in [0.5, 0.6) is 0 Å². The van der Waals surface area contributed by atoms with E-state index in [1.165, 1.54) is 12.1 Å². The van der Waals surface area contributed by atoms with Crippen LogP contribution in [-0.4, -0.2) is 16.1 Å². The number of alkyl halides is 2. The first-order chi connectivity index (χ1) is 16.3. The van der Waals surface area contributed by atoms with Gasteiger partial charge in [0.1, 0.15) is 27.2 Å². The normalized spacial score (nSPS) is 20.4. The molecule has 0 bridgehead atoms. The summed E-state index contributed by atoms with van der Waals surface area (Å²) in [5.41, 5.74) is 2.77. The van der Waals surface area contributed by atoms with Crippen molar-refractivity contribution in [3.8, 4) is 0 Å². The number of benzene rings is 3. The summed E-state index contributed by atoms with van der Waals surface area (Å²) in [7, 11) is 0. The average Bonchev–Trinajstić information content (AvgIpc) is 3.31. The number of primary amides is 1. The molecule has 1 fully saturated rings. The molecule has 3 aromatic rings. The van der Waals surface area contributed by atoms with Gasteiger partial charge in [0.25, 0.3) is 5.91 Å². The number of hydrogen-bond donors (Lipinski definition) is 2. The van der Waals surface area contributed by atoms with Crippen molar-refractivity contribution in [2.24, 2.45) is 5.73 Å². The smallest absolute Gasteiger partial charge is 0.258 e. The number of carbonyl (C=O) groups is 2. The molecule has 3 N–H and O–H groups in total. The third-order valence-electron chi connectivity index (χ3n) is 5.81. The van der Waals surface area contributed by atoms with Crippen molar-refractivity contribution in [1.29, 1.82) is 0 Å².